The summed E-state index contributed by atoms with van der Waals surface area (Å²) in [5.74, 6) is -4.62. The third kappa shape index (κ3) is 3.92. The van der Waals surface area contributed by atoms with Crippen LogP contribution in [0.3, 0.4) is 0 Å². The molecule has 2 heterocycles. The normalized spacial score (nSPS) is 10.9. The molecular weight excluding hydrogens is 428 g/mol. The van der Waals surface area contributed by atoms with Crippen LogP contribution in [0.5, 0.6) is 5.75 Å². The van der Waals surface area contributed by atoms with Gasteiger partial charge in [-0.15, -0.1) is 11.3 Å². The molecule has 0 aliphatic heterocycles. The lowest BCUT2D eigenvalue weighted by molar-refractivity contribution is -0.135. The summed E-state index contributed by atoms with van der Waals surface area (Å²) >= 11 is 1.33. The molecule has 1 amide bonds. The van der Waals surface area contributed by atoms with Gasteiger partial charge in [-0.3, -0.25) is 14.6 Å². The molecule has 0 saturated carbocycles. The molecule has 0 radical (unpaired) electrons. The first-order chi connectivity index (χ1) is 14.8. The molecule has 4 aromatic rings. The SMILES string of the molecule is O=C(O)CNC(=O)c1c(O)c(-c2cccs2)cc2ncc(-c3ccc(F)c(F)c3)nc12. The second kappa shape index (κ2) is 8.07. The van der Waals surface area contributed by atoms with E-state index in [1.165, 1.54) is 23.6 Å². The Morgan fingerprint density at radius 1 is 1.13 bits per heavy atom. The summed E-state index contributed by atoms with van der Waals surface area (Å²) in [6.07, 6.45) is 1.34. The highest BCUT2D eigenvalue weighted by molar-refractivity contribution is 7.13. The third-order valence-corrected chi connectivity index (χ3v) is 5.34. The summed E-state index contributed by atoms with van der Waals surface area (Å²) in [7, 11) is 0. The van der Waals surface area contributed by atoms with Crippen LogP contribution in [0.2, 0.25) is 0 Å². The average molecular weight is 441 g/mol. The number of aliphatic carboxylic acids is 1. The van der Waals surface area contributed by atoms with Crippen LogP contribution < -0.4 is 5.32 Å². The Kier molecular flexibility index (Phi) is 5.30. The monoisotopic (exact) mass is 441 g/mol. The number of hydrogen-bond acceptors (Lipinski definition) is 6. The summed E-state index contributed by atoms with van der Waals surface area (Å²) in [6, 6.07) is 8.24. The molecule has 156 valence electrons. The van der Waals surface area contributed by atoms with Gasteiger partial charge in [0.25, 0.3) is 5.91 Å². The van der Waals surface area contributed by atoms with E-state index >= 15 is 0 Å². The predicted molar refractivity (Wildman–Crippen MR) is 110 cm³/mol. The molecule has 0 saturated heterocycles. The summed E-state index contributed by atoms with van der Waals surface area (Å²) < 4.78 is 26.9. The number of benzene rings is 2. The number of carbonyl (C=O) groups is 2. The van der Waals surface area contributed by atoms with Gasteiger partial charge >= 0.3 is 5.97 Å². The minimum absolute atomic E-state index is 0.0112. The van der Waals surface area contributed by atoms with E-state index in [0.29, 0.717) is 10.4 Å². The van der Waals surface area contributed by atoms with Crippen molar-refractivity contribution in [3.8, 4) is 27.4 Å². The van der Waals surface area contributed by atoms with Crippen molar-refractivity contribution < 1.29 is 28.6 Å². The number of halogens is 2. The Morgan fingerprint density at radius 2 is 1.94 bits per heavy atom. The molecule has 0 spiro atoms. The van der Waals surface area contributed by atoms with Gasteiger partial charge in [0.15, 0.2) is 11.6 Å². The van der Waals surface area contributed by atoms with Crippen molar-refractivity contribution in [2.75, 3.05) is 6.54 Å². The van der Waals surface area contributed by atoms with Gasteiger partial charge in [0.05, 0.1) is 17.4 Å². The van der Waals surface area contributed by atoms with E-state index in [9.17, 15) is 23.5 Å². The topological polar surface area (TPSA) is 112 Å². The molecule has 2 aromatic heterocycles. The van der Waals surface area contributed by atoms with E-state index in [-0.39, 0.29) is 27.9 Å². The smallest absolute Gasteiger partial charge is 0.322 e. The Bertz CT molecular complexity index is 1330. The van der Waals surface area contributed by atoms with E-state index in [1.807, 2.05) is 0 Å². The molecule has 0 fully saturated rings. The maximum absolute atomic E-state index is 13.7. The summed E-state index contributed by atoms with van der Waals surface area (Å²) in [5, 5.41) is 23.7. The van der Waals surface area contributed by atoms with Crippen LogP contribution in [-0.4, -0.2) is 38.6 Å². The van der Waals surface area contributed by atoms with Crippen LogP contribution in [-0.2, 0) is 4.79 Å². The number of carbonyl (C=O) groups excluding carboxylic acids is 1. The van der Waals surface area contributed by atoms with Gasteiger partial charge in [-0.05, 0) is 35.7 Å². The van der Waals surface area contributed by atoms with Gasteiger partial charge in [0.2, 0.25) is 0 Å². The zero-order valence-electron chi connectivity index (χ0n) is 15.6. The zero-order valence-corrected chi connectivity index (χ0v) is 16.4. The summed E-state index contributed by atoms with van der Waals surface area (Å²) in [6.45, 7) is -0.667. The third-order valence-electron chi connectivity index (χ3n) is 4.44. The molecule has 31 heavy (non-hydrogen) atoms. The fraction of sp³-hybridized carbons (Fsp3) is 0.0476. The van der Waals surface area contributed by atoms with Gasteiger partial charge < -0.3 is 15.5 Å². The van der Waals surface area contributed by atoms with E-state index in [1.54, 1.807) is 23.6 Å². The Morgan fingerprint density at radius 3 is 2.61 bits per heavy atom. The number of nitrogens with zero attached hydrogens (tertiary/aromatic N) is 2. The molecular formula is C21H13F2N3O4S. The number of carboxylic acid groups (broad SMARTS) is 1. The number of aromatic hydroxyl groups is 1. The lowest BCUT2D eigenvalue weighted by Gasteiger charge is -2.13. The number of nitrogens with one attached hydrogen (secondary N) is 1. The molecule has 0 atom stereocenters. The number of phenolic OH excluding ortho intramolecular Hbond substituents is 1. The molecule has 0 bridgehead atoms. The number of hydrogen-bond donors (Lipinski definition) is 3. The van der Waals surface area contributed by atoms with Crippen molar-refractivity contribution in [1.29, 1.82) is 0 Å². The maximum atomic E-state index is 13.7. The Balaban J connectivity index is 1.93. The van der Waals surface area contributed by atoms with Gasteiger partial charge in [-0.25, -0.2) is 13.8 Å². The van der Waals surface area contributed by atoms with Gasteiger partial charge in [-0.1, -0.05) is 6.07 Å². The standard InChI is InChI=1S/C21H13F2N3O4S/c22-12-4-3-10(6-13(12)23)15-8-24-14-7-11(16-2-1-5-31-16)20(29)18(19(14)26-15)21(30)25-9-17(27)28/h1-8,29H,9H2,(H,25,30)(H,27,28). The summed E-state index contributed by atoms with van der Waals surface area (Å²) in [4.78, 5) is 32.9. The number of amides is 1. The van der Waals surface area contributed by atoms with Crippen molar-refractivity contribution in [1.82, 2.24) is 15.3 Å². The number of thiophene rings is 1. The van der Waals surface area contributed by atoms with E-state index in [4.69, 9.17) is 5.11 Å². The van der Waals surface area contributed by atoms with Crippen LogP contribution in [0.1, 0.15) is 10.4 Å². The first kappa shape index (κ1) is 20.4. The highest BCUT2D eigenvalue weighted by Crippen LogP contribution is 2.39. The van der Waals surface area contributed by atoms with Crippen molar-refractivity contribution in [3.63, 3.8) is 0 Å². The molecule has 10 heteroatoms. The van der Waals surface area contributed by atoms with Crippen LogP contribution in [0.4, 0.5) is 8.78 Å². The molecule has 3 N–H and O–H groups in total. The average Bonchev–Trinajstić information content (AvgIpc) is 3.28. The van der Waals surface area contributed by atoms with Crippen molar-refractivity contribution in [2.45, 2.75) is 0 Å². The van der Waals surface area contributed by atoms with E-state index in [2.05, 4.69) is 15.3 Å². The second-order valence-corrected chi connectivity index (χ2v) is 7.40. The number of phenols is 1. The molecule has 0 unspecified atom stereocenters. The Labute approximate surface area is 177 Å². The quantitative estimate of drug-likeness (QED) is 0.434. The van der Waals surface area contributed by atoms with Gasteiger partial charge in [0, 0.05) is 16.0 Å². The first-order valence-corrected chi connectivity index (χ1v) is 9.75. The van der Waals surface area contributed by atoms with Crippen LogP contribution >= 0.6 is 11.3 Å². The minimum Gasteiger partial charge on any atom is -0.506 e. The fourth-order valence-electron chi connectivity index (χ4n) is 3.01. The van der Waals surface area contributed by atoms with E-state index in [0.717, 1.165) is 12.1 Å². The molecule has 0 aliphatic carbocycles. The lowest BCUT2D eigenvalue weighted by atomic mass is 10.0. The number of fused-ring (bicyclic) bond motifs is 1. The highest BCUT2D eigenvalue weighted by atomic mass is 32.1. The van der Waals surface area contributed by atoms with Crippen molar-refractivity contribution in [3.05, 3.63) is 65.2 Å². The van der Waals surface area contributed by atoms with E-state index < -0.39 is 35.8 Å². The number of rotatable bonds is 5. The van der Waals surface area contributed by atoms with Crippen molar-refractivity contribution in [2.24, 2.45) is 0 Å². The lowest BCUT2D eigenvalue weighted by Crippen LogP contribution is -2.29. The molecule has 4 rings (SSSR count). The largest absolute Gasteiger partial charge is 0.506 e. The number of carboxylic acids is 1. The van der Waals surface area contributed by atoms with Gasteiger partial charge in [0.1, 0.15) is 23.4 Å². The van der Waals surface area contributed by atoms with Crippen LogP contribution in [0, 0.1) is 11.6 Å². The van der Waals surface area contributed by atoms with Crippen LogP contribution in [0.25, 0.3) is 32.7 Å². The molecule has 2 aromatic carbocycles. The molecule has 7 nitrogen and oxygen atoms in total. The fourth-order valence-corrected chi connectivity index (χ4v) is 3.76. The second-order valence-electron chi connectivity index (χ2n) is 6.45. The van der Waals surface area contributed by atoms with Gasteiger partial charge in [-0.2, -0.15) is 0 Å². The minimum atomic E-state index is -1.26. The zero-order chi connectivity index (χ0) is 22.1. The maximum Gasteiger partial charge on any atom is 0.322 e. The van der Waals surface area contributed by atoms with Crippen molar-refractivity contribution >= 4 is 34.2 Å². The number of aromatic nitrogens is 2. The van der Waals surface area contributed by atoms with Crippen LogP contribution in [0.15, 0.2) is 48.0 Å². The highest BCUT2D eigenvalue weighted by Gasteiger charge is 2.23. The summed E-state index contributed by atoms with van der Waals surface area (Å²) in [5.41, 5.74) is 0.668. The Hall–Kier alpha value is -3.92. The predicted octanol–water partition coefficient (Wildman–Crippen LogP) is 3.82. The molecule has 0 aliphatic rings. The first-order valence-electron chi connectivity index (χ1n) is 8.87.